The second-order valence-electron chi connectivity index (χ2n) is 5.55. The number of aryl methyl sites for hydroxylation is 1. The van der Waals surface area contributed by atoms with E-state index in [1.807, 2.05) is 29.9 Å². The van der Waals surface area contributed by atoms with Gasteiger partial charge in [-0.05, 0) is 45.8 Å². The first-order valence-electron chi connectivity index (χ1n) is 7.78. The Hall–Kier alpha value is -2.74. The molecule has 8 heteroatoms. The van der Waals surface area contributed by atoms with Gasteiger partial charge in [0.1, 0.15) is 23.4 Å². The summed E-state index contributed by atoms with van der Waals surface area (Å²) in [5.74, 6) is 1.75. The minimum absolute atomic E-state index is 0.200. The Balaban J connectivity index is 2.02. The maximum absolute atomic E-state index is 12.6. The van der Waals surface area contributed by atoms with Gasteiger partial charge in [-0.3, -0.25) is 4.79 Å². The number of rotatable bonds is 6. The van der Waals surface area contributed by atoms with Crippen molar-refractivity contribution < 1.29 is 18.7 Å². The lowest BCUT2D eigenvalue weighted by atomic mass is 10.0. The van der Waals surface area contributed by atoms with Crippen molar-refractivity contribution in [2.75, 3.05) is 14.2 Å². The number of amides is 1. The Morgan fingerprint density at radius 1 is 1.23 bits per heavy atom. The first-order valence-corrected chi connectivity index (χ1v) is 8.57. The fourth-order valence-corrected chi connectivity index (χ4v) is 2.89. The van der Waals surface area contributed by atoms with Crippen molar-refractivity contribution in [3.63, 3.8) is 0 Å². The van der Waals surface area contributed by atoms with Crippen molar-refractivity contribution in [3.05, 3.63) is 64.5 Å². The zero-order valence-electron chi connectivity index (χ0n) is 14.5. The molecule has 1 N–H and O–H groups in total. The number of carbonyl (C=O) groups is 1. The van der Waals surface area contributed by atoms with Gasteiger partial charge in [-0.15, -0.1) is 0 Å². The summed E-state index contributed by atoms with van der Waals surface area (Å²) >= 11 is 3.20. The third-order valence-electron chi connectivity index (χ3n) is 3.90. The molecule has 3 rings (SSSR count). The normalized spacial score (nSPS) is 11.8. The minimum atomic E-state index is -0.518. The highest BCUT2D eigenvalue weighted by atomic mass is 79.9. The Bertz CT molecular complexity index is 897. The first-order chi connectivity index (χ1) is 12.5. The summed E-state index contributed by atoms with van der Waals surface area (Å²) in [6.07, 6.45) is 3.49. The minimum Gasteiger partial charge on any atom is -0.497 e. The van der Waals surface area contributed by atoms with Crippen LogP contribution in [0.1, 0.15) is 28.0 Å². The van der Waals surface area contributed by atoms with Crippen molar-refractivity contribution in [1.82, 2.24) is 14.9 Å². The molecule has 0 saturated heterocycles. The number of hydrogen-bond donors (Lipinski definition) is 1. The Kier molecular flexibility index (Phi) is 5.32. The van der Waals surface area contributed by atoms with Gasteiger partial charge in [0.15, 0.2) is 10.4 Å². The number of ether oxygens (including phenoxy) is 2. The molecule has 0 spiro atoms. The van der Waals surface area contributed by atoms with Crippen LogP contribution >= 0.6 is 15.9 Å². The van der Waals surface area contributed by atoms with Gasteiger partial charge in [-0.2, -0.15) is 0 Å². The van der Waals surface area contributed by atoms with Crippen molar-refractivity contribution in [1.29, 1.82) is 0 Å². The molecular weight excluding hydrogens is 402 g/mol. The van der Waals surface area contributed by atoms with Gasteiger partial charge in [-0.25, -0.2) is 4.98 Å². The van der Waals surface area contributed by atoms with Crippen LogP contribution in [0.5, 0.6) is 11.5 Å². The standard InChI is InChI=1S/C18H18BrN3O4/c1-22-7-6-20-17(22)16(21-18(23)14-4-5-15(19)26-14)11-8-12(24-2)10-13(9-11)25-3/h4-10,16H,1-3H3,(H,21,23). The summed E-state index contributed by atoms with van der Waals surface area (Å²) in [5.41, 5.74) is 0.773. The molecule has 1 unspecified atom stereocenters. The Morgan fingerprint density at radius 3 is 2.42 bits per heavy atom. The van der Waals surface area contributed by atoms with Crippen molar-refractivity contribution in [3.8, 4) is 11.5 Å². The predicted octanol–water partition coefficient (Wildman–Crippen LogP) is 3.31. The van der Waals surface area contributed by atoms with E-state index in [4.69, 9.17) is 13.9 Å². The van der Waals surface area contributed by atoms with Gasteiger partial charge in [-0.1, -0.05) is 0 Å². The van der Waals surface area contributed by atoms with E-state index in [9.17, 15) is 4.79 Å². The summed E-state index contributed by atoms with van der Waals surface area (Å²) in [6.45, 7) is 0. The Morgan fingerprint density at radius 2 is 1.92 bits per heavy atom. The number of nitrogens with zero attached hydrogens (tertiary/aromatic N) is 2. The maximum atomic E-state index is 12.6. The van der Waals surface area contributed by atoms with E-state index in [1.54, 1.807) is 38.6 Å². The summed E-state index contributed by atoms with van der Waals surface area (Å²) in [5, 5.41) is 2.96. The average molecular weight is 420 g/mol. The fourth-order valence-electron chi connectivity index (χ4n) is 2.59. The van der Waals surface area contributed by atoms with Crippen LogP contribution in [-0.2, 0) is 7.05 Å². The number of aromatic nitrogens is 2. The number of nitrogens with one attached hydrogen (secondary N) is 1. The van der Waals surface area contributed by atoms with Crippen LogP contribution in [0.25, 0.3) is 0 Å². The third kappa shape index (κ3) is 3.75. The van der Waals surface area contributed by atoms with Gasteiger partial charge in [0.25, 0.3) is 5.91 Å². The van der Waals surface area contributed by atoms with Crippen molar-refractivity contribution >= 4 is 21.8 Å². The lowest BCUT2D eigenvalue weighted by Gasteiger charge is -2.20. The molecule has 1 amide bonds. The quantitative estimate of drug-likeness (QED) is 0.662. The lowest BCUT2D eigenvalue weighted by Crippen LogP contribution is -2.31. The Labute approximate surface area is 159 Å². The van der Waals surface area contributed by atoms with Crippen LogP contribution in [0.3, 0.4) is 0 Å². The summed E-state index contributed by atoms with van der Waals surface area (Å²) < 4.78 is 18.4. The molecule has 0 radical (unpaired) electrons. The van der Waals surface area contributed by atoms with E-state index in [0.717, 1.165) is 5.56 Å². The van der Waals surface area contributed by atoms with Crippen LogP contribution in [-0.4, -0.2) is 29.7 Å². The van der Waals surface area contributed by atoms with Gasteiger partial charge < -0.3 is 23.8 Å². The highest BCUT2D eigenvalue weighted by Gasteiger charge is 2.24. The van der Waals surface area contributed by atoms with E-state index in [0.29, 0.717) is 22.0 Å². The zero-order valence-corrected chi connectivity index (χ0v) is 16.1. The molecule has 1 aromatic carbocycles. The smallest absolute Gasteiger partial charge is 0.287 e. The van der Waals surface area contributed by atoms with E-state index < -0.39 is 6.04 Å². The van der Waals surface area contributed by atoms with Gasteiger partial charge in [0.05, 0.1) is 14.2 Å². The van der Waals surface area contributed by atoms with Crippen LogP contribution in [0, 0.1) is 0 Å². The second kappa shape index (κ2) is 7.65. The van der Waals surface area contributed by atoms with Gasteiger partial charge in [0, 0.05) is 25.5 Å². The molecule has 7 nitrogen and oxygen atoms in total. The first kappa shape index (κ1) is 18.1. The number of halogens is 1. The molecule has 0 aliphatic carbocycles. The van der Waals surface area contributed by atoms with Crippen LogP contribution in [0.4, 0.5) is 0 Å². The molecule has 0 bridgehead atoms. The van der Waals surface area contributed by atoms with Gasteiger partial charge >= 0.3 is 0 Å². The molecule has 0 saturated carbocycles. The van der Waals surface area contributed by atoms with Crippen LogP contribution < -0.4 is 14.8 Å². The van der Waals surface area contributed by atoms with Gasteiger partial charge in [0.2, 0.25) is 0 Å². The number of benzene rings is 1. The SMILES string of the molecule is COc1cc(OC)cc(C(NC(=O)c2ccc(Br)o2)c2nccn2C)c1. The third-order valence-corrected chi connectivity index (χ3v) is 4.32. The van der Waals surface area contributed by atoms with Crippen LogP contribution in [0.2, 0.25) is 0 Å². The van der Waals surface area contributed by atoms with Crippen molar-refractivity contribution in [2.24, 2.45) is 7.05 Å². The summed E-state index contributed by atoms with van der Waals surface area (Å²) in [4.78, 5) is 17.0. The number of methoxy groups -OCH3 is 2. The molecule has 2 aromatic heterocycles. The molecule has 136 valence electrons. The molecule has 26 heavy (non-hydrogen) atoms. The molecule has 0 fully saturated rings. The van der Waals surface area contributed by atoms with Crippen LogP contribution in [0.15, 0.2) is 51.8 Å². The summed E-state index contributed by atoms with van der Waals surface area (Å²) in [6, 6.07) is 8.18. The highest BCUT2D eigenvalue weighted by Crippen LogP contribution is 2.30. The second-order valence-corrected chi connectivity index (χ2v) is 6.33. The zero-order chi connectivity index (χ0) is 18.7. The number of imidazole rings is 1. The molecule has 0 aliphatic heterocycles. The molecular formula is C18H18BrN3O4. The van der Waals surface area contributed by atoms with E-state index in [1.165, 1.54) is 0 Å². The van der Waals surface area contributed by atoms with E-state index >= 15 is 0 Å². The van der Waals surface area contributed by atoms with E-state index in [2.05, 4.69) is 26.2 Å². The van der Waals surface area contributed by atoms with E-state index in [-0.39, 0.29) is 11.7 Å². The monoisotopic (exact) mass is 419 g/mol. The molecule has 2 heterocycles. The molecule has 0 aliphatic rings. The molecule has 1 atom stereocenters. The van der Waals surface area contributed by atoms with Crippen molar-refractivity contribution in [2.45, 2.75) is 6.04 Å². The maximum Gasteiger partial charge on any atom is 0.287 e. The molecule has 3 aromatic rings. The lowest BCUT2D eigenvalue weighted by molar-refractivity contribution is 0.0911. The number of furan rings is 1. The largest absolute Gasteiger partial charge is 0.497 e. The average Bonchev–Trinajstić information content (AvgIpc) is 3.27. The topological polar surface area (TPSA) is 78.5 Å². The predicted molar refractivity (Wildman–Crippen MR) is 98.5 cm³/mol. The number of carbonyl (C=O) groups excluding carboxylic acids is 1. The number of hydrogen-bond acceptors (Lipinski definition) is 5. The highest BCUT2D eigenvalue weighted by molar-refractivity contribution is 9.10. The fraction of sp³-hybridized carbons (Fsp3) is 0.222. The summed E-state index contributed by atoms with van der Waals surface area (Å²) in [7, 11) is 5.02.